The fourth-order valence-corrected chi connectivity index (χ4v) is 2.40. The Hall–Kier alpha value is -0.840. The van der Waals surface area contributed by atoms with E-state index < -0.39 is 18.3 Å². The molecule has 1 rings (SSSR count). The van der Waals surface area contributed by atoms with Crippen molar-refractivity contribution in [2.45, 2.75) is 38.0 Å². The highest BCUT2D eigenvalue weighted by atomic mass is 19.4. The van der Waals surface area contributed by atoms with E-state index in [1.165, 1.54) is 4.90 Å². The molecule has 0 bridgehead atoms. The van der Waals surface area contributed by atoms with Gasteiger partial charge in [-0.2, -0.15) is 18.4 Å². The van der Waals surface area contributed by atoms with Crippen LogP contribution in [0.15, 0.2) is 0 Å². The highest BCUT2D eigenvalue weighted by Gasteiger charge is 2.33. The van der Waals surface area contributed by atoms with E-state index in [0.717, 1.165) is 0 Å². The molecule has 0 radical (unpaired) electrons. The van der Waals surface area contributed by atoms with Crippen LogP contribution in [0.2, 0.25) is 0 Å². The third kappa shape index (κ3) is 5.76. The Kier molecular flexibility index (Phi) is 5.18. The van der Waals surface area contributed by atoms with E-state index in [1.54, 1.807) is 6.92 Å². The topological polar surface area (TPSA) is 56.3 Å². The van der Waals surface area contributed by atoms with Crippen molar-refractivity contribution in [3.63, 3.8) is 0 Å². The largest absolute Gasteiger partial charge is 0.401 e. The minimum Gasteiger partial charge on any atom is -0.314 e. The second kappa shape index (κ2) is 6.07. The number of piperazine rings is 1. The van der Waals surface area contributed by atoms with E-state index in [-0.39, 0.29) is 6.04 Å². The maximum atomic E-state index is 12.3. The lowest BCUT2D eigenvalue weighted by molar-refractivity contribution is -0.149. The predicted octanol–water partition coefficient (Wildman–Crippen LogP) is 1.19. The van der Waals surface area contributed by atoms with Gasteiger partial charge in [0.25, 0.3) is 0 Å². The average molecular weight is 278 g/mol. The highest BCUT2D eigenvalue weighted by Crippen LogP contribution is 2.19. The summed E-state index contributed by atoms with van der Waals surface area (Å²) < 4.78 is 36.8. The van der Waals surface area contributed by atoms with E-state index in [0.29, 0.717) is 32.6 Å². The van der Waals surface area contributed by atoms with Gasteiger partial charge in [-0.1, -0.05) is 0 Å². The van der Waals surface area contributed by atoms with Gasteiger partial charge in [0.15, 0.2) is 0 Å². The van der Waals surface area contributed by atoms with Crippen LogP contribution in [0.5, 0.6) is 0 Å². The average Bonchev–Trinajstić information content (AvgIpc) is 2.27. The molecule has 1 heterocycles. The van der Waals surface area contributed by atoms with Crippen LogP contribution in [0.4, 0.5) is 13.2 Å². The summed E-state index contributed by atoms with van der Waals surface area (Å²) in [4.78, 5) is 3.50. The molecule has 19 heavy (non-hydrogen) atoms. The molecule has 2 atom stereocenters. The molecule has 0 aromatic heterocycles. The van der Waals surface area contributed by atoms with Gasteiger partial charge < -0.3 is 5.73 Å². The van der Waals surface area contributed by atoms with Gasteiger partial charge in [-0.15, -0.1) is 0 Å². The van der Waals surface area contributed by atoms with Crippen LogP contribution in [-0.4, -0.2) is 60.3 Å². The van der Waals surface area contributed by atoms with E-state index >= 15 is 0 Å². The Morgan fingerprint density at radius 1 is 1.26 bits per heavy atom. The van der Waals surface area contributed by atoms with Crippen molar-refractivity contribution < 1.29 is 13.2 Å². The molecule has 1 aliphatic heterocycles. The number of hydrogen-bond donors (Lipinski definition) is 1. The van der Waals surface area contributed by atoms with Gasteiger partial charge in [0, 0.05) is 32.2 Å². The van der Waals surface area contributed by atoms with E-state index in [2.05, 4.69) is 4.90 Å². The molecule has 2 unspecified atom stereocenters. The fraction of sp³-hybridized carbons (Fsp3) is 0.917. The lowest BCUT2D eigenvalue weighted by atomic mass is 9.95. The molecule has 1 saturated heterocycles. The SMILES string of the molecule is CC(CC(C)(N)C#N)N1CCN(CC(F)(F)F)CC1. The lowest BCUT2D eigenvalue weighted by Crippen LogP contribution is -2.53. The van der Waals surface area contributed by atoms with Crippen LogP contribution in [0.3, 0.4) is 0 Å². The first-order chi connectivity index (χ1) is 8.63. The molecule has 7 heteroatoms. The molecular weight excluding hydrogens is 257 g/mol. The van der Waals surface area contributed by atoms with Crippen molar-refractivity contribution in [1.29, 1.82) is 5.26 Å². The molecule has 110 valence electrons. The van der Waals surface area contributed by atoms with Gasteiger partial charge in [-0.25, -0.2) is 0 Å². The molecule has 0 amide bonds. The molecule has 0 saturated carbocycles. The van der Waals surface area contributed by atoms with E-state index in [9.17, 15) is 13.2 Å². The van der Waals surface area contributed by atoms with Gasteiger partial charge in [-0.3, -0.25) is 9.80 Å². The zero-order valence-electron chi connectivity index (χ0n) is 11.4. The Morgan fingerprint density at radius 3 is 2.21 bits per heavy atom. The standard InChI is InChI=1S/C12H21F3N4/c1-10(7-11(2,17)8-16)19-5-3-18(4-6-19)9-12(13,14)15/h10H,3-7,9,17H2,1-2H3. The normalized spacial score (nSPS) is 23.6. The van der Waals surface area contributed by atoms with Gasteiger partial charge in [-0.05, 0) is 20.3 Å². The van der Waals surface area contributed by atoms with E-state index in [1.807, 2.05) is 13.0 Å². The molecule has 0 aliphatic carbocycles. The van der Waals surface area contributed by atoms with Crippen molar-refractivity contribution in [3.8, 4) is 6.07 Å². The summed E-state index contributed by atoms with van der Waals surface area (Å²) in [5.41, 5.74) is 4.90. The summed E-state index contributed by atoms with van der Waals surface area (Å²) >= 11 is 0. The number of nitrogens with two attached hydrogens (primary N) is 1. The van der Waals surface area contributed by atoms with E-state index in [4.69, 9.17) is 11.0 Å². The second-order valence-electron chi connectivity index (χ2n) is 5.51. The second-order valence-corrected chi connectivity index (χ2v) is 5.51. The van der Waals surface area contributed by atoms with Crippen LogP contribution in [-0.2, 0) is 0 Å². The maximum Gasteiger partial charge on any atom is 0.401 e. The molecule has 1 fully saturated rings. The van der Waals surface area contributed by atoms with Crippen molar-refractivity contribution in [3.05, 3.63) is 0 Å². The minimum absolute atomic E-state index is 0.0997. The summed E-state index contributed by atoms with van der Waals surface area (Å²) in [6, 6.07) is 2.14. The molecule has 0 spiro atoms. The quantitative estimate of drug-likeness (QED) is 0.839. The zero-order valence-corrected chi connectivity index (χ0v) is 11.4. The third-order valence-electron chi connectivity index (χ3n) is 3.41. The number of nitriles is 1. The Balaban J connectivity index is 2.40. The number of nitrogens with zero attached hydrogens (tertiary/aromatic N) is 3. The first-order valence-corrected chi connectivity index (χ1v) is 6.36. The molecule has 0 aromatic rings. The summed E-state index contributed by atoms with van der Waals surface area (Å²) in [5, 5.41) is 8.88. The third-order valence-corrected chi connectivity index (χ3v) is 3.41. The number of hydrogen-bond acceptors (Lipinski definition) is 4. The number of rotatable bonds is 4. The molecule has 4 nitrogen and oxygen atoms in total. The van der Waals surface area contributed by atoms with Crippen molar-refractivity contribution in [2.75, 3.05) is 32.7 Å². The lowest BCUT2D eigenvalue weighted by Gasteiger charge is -2.39. The zero-order chi connectivity index (χ0) is 14.7. The predicted molar refractivity (Wildman–Crippen MR) is 66.4 cm³/mol. The Labute approximate surface area is 111 Å². The summed E-state index contributed by atoms with van der Waals surface area (Å²) in [6.45, 7) is 4.75. The molecular formula is C12H21F3N4. The number of halogens is 3. The fourth-order valence-electron chi connectivity index (χ4n) is 2.40. The Morgan fingerprint density at radius 2 is 1.79 bits per heavy atom. The number of alkyl halides is 3. The van der Waals surface area contributed by atoms with Gasteiger partial charge in [0.2, 0.25) is 0 Å². The summed E-state index contributed by atoms with van der Waals surface area (Å²) in [5.74, 6) is 0. The summed E-state index contributed by atoms with van der Waals surface area (Å²) in [6.07, 6.45) is -3.62. The first-order valence-electron chi connectivity index (χ1n) is 6.36. The van der Waals surface area contributed by atoms with Gasteiger partial charge in [0.05, 0.1) is 12.6 Å². The minimum atomic E-state index is -4.13. The van der Waals surface area contributed by atoms with Crippen LogP contribution in [0.25, 0.3) is 0 Å². The summed E-state index contributed by atoms with van der Waals surface area (Å²) in [7, 11) is 0. The molecule has 2 N–H and O–H groups in total. The molecule has 1 aliphatic rings. The smallest absolute Gasteiger partial charge is 0.314 e. The highest BCUT2D eigenvalue weighted by molar-refractivity contribution is 5.03. The van der Waals surface area contributed by atoms with Crippen molar-refractivity contribution in [1.82, 2.24) is 9.80 Å². The van der Waals surface area contributed by atoms with Gasteiger partial charge >= 0.3 is 6.18 Å². The van der Waals surface area contributed by atoms with Crippen LogP contribution in [0.1, 0.15) is 20.3 Å². The Bertz CT molecular complexity index is 327. The van der Waals surface area contributed by atoms with Gasteiger partial charge in [0.1, 0.15) is 5.54 Å². The first kappa shape index (κ1) is 16.2. The monoisotopic (exact) mass is 278 g/mol. The van der Waals surface area contributed by atoms with Crippen LogP contribution >= 0.6 is 0 Å². The van der Waals surface area contributed by atoms with Crippen LogP contribution in [0, 0.1) is 11.3 Å². The molecule has 0 aromatic carbocycles. The van der Waals surface area contributed by atoms with Crippen molar-refractivity contribution in [2.24, 2.45) is 5.73 Å². The van der Waals surface area contributed by atoms with Crippen molar-refractivity contribution >= 4 is 0 Å². The van der Waals surface area contributed by atoms with Crippen LogP contribution < -0.4 is 5.73 Å². The maximum absolute atomic E-state index is 12.3.